The summed E-state index contributed by atoms with van der Waals surface area (Å²) in [7, 11) is -1.73. The molecule has 108 heavy (non-hydrogen) atoms. The summed E-state index contributed by atoms with van der Waals surface area (Å²) in [6.45, 7) is 39.4. The Morgan fingerprint density at radius 3 is 0.685 bits per heavy atom. The van der Waals surface area contributed by atoms with Crippen molar-refractivity contribution in [2.75, 3.05) is 27.4 Å². The van der Waals surface area contributed by atoms with E-state index in [-0.39, 0.29) is 95.0 Å². The van der Waals surface area contributed by atoms with Crippen molar-refractivity contribution in [3.8, 4) is 34.5 Å². The van der Waals surface area contributed by atoms with Gasteiger partial charge in [0.05, 0.1) is 37.9 Å². The molecule has 0 saturated heterocycles. The topological polar surface area (TPSA) is 254 Å². The Kier molecular flexibility index (Phi) is 39.2. The lowest BCUT2D eigenvalue weighted by Crippen LogP contribution is -2.26. The number of aromatic hydroxyl groups is 2. The Morgan fingerprint density at radius 1 is 0.306 bits per heavy atom. The lowest BCUT2D eigenvalue weighted by atomic mass is 9.86. The molecule has 0 aliphatic carbocycles. The number of benzene rings is 6. The van der Waals surface area contributed by atoms with E-state index in [0.717, 1.165) is 49.9 Å². The molecule has 0 aliphatic rings. The number of hydrogen-bond acceptors (Lipinski definition) is 16. The maximum Gasteiger partial charge on any atom is 0.173 e. The molecule has 0 spiro atoms. The predicted octanol–water partition coefficient (Wildman–Crippen LogP) is 20.6. The van der Waals surface area contributed by atoms with Crippen LogP contribution < -0.4 is 18.9 Å². The number of carbonyl (C=O) groups is 8. The van der Waals surface area contributed by atoms with E-state index in [9.17, 15) is 48.6 Å². The number of aliphatic hydroxyl groups is 2. The summed E-state index contributed by atoms with van der Waals surface area (Å²) in [5.74, 6) is -0.713. The van der Waals surface area contributed by atoms with E-state index in [2.05, 4.69) is 78.6 Å². The van der Waals surface area contributed by atoms with Crippen LogP contribution in [0.25, 0.3) is 0 Å². The standard InChI is InChI=1S/C29H42O4Si.C23H30O4Si.C21H26O4Si.C15H30O4Si/c1-28(2,3)32-23-16-12-21(13-17-23)26(30)25(11-10-20-34(7,8)9)27(31)22-14-18-24(19-15-22)33-29(4,5)6;1-26-19-12-8-17(9-13-19)22(24)21(7-6-16-28(3,4)5)23(25)18-10-14-20(27-2)15-11-18;1-26(2,3)14-4-5-19(20(24)15-6-10-17(22)11-7-15)21(25)16-8-12-18(23)13-9-16;1-20(2,3)12-6-7-13(14(18)8-4-10-16)15(19)9-5-11-17/h12-19,25H,10-11,20H2,1-9H3;8-15,21H,6-7,16H2,1-5H3;6-13,19,22-23H,4-5,14H2,1-3H3;13,16-17H,4-12H2,1-3H3. The monoisotopic (exact) mass is 1550 g/mol. The smallest absolute Gasteiger partial charge is 0.173 e. The van der Waals surface area contributed by atoms with Gasteiger partial charge in [-0.1, -0.05) is 128 Å². The van der Waals surface area contributed by atoms with E-state index in [4.69, 9.17) is 29.2 Å². The largest absolute Gasteiger partial charge is 0.508 e. The van der Waals surface area contributed by atoms with Crippen LogP contribution in [0.3, 0.4) is 0 Å². The summed E-state index contributed by atoms with van der Waals surface area (Å²) in [5, 5.41) is 36.4. The Bertz CT molecular complexity index is 3550. The van der Waals surface area contributed by atoms with Crippen molar-refractivity contribution < 1.29 is 77.7 Å². The minimum Gasteiger partial charge on any atom is -0.508 e. The first-order valence-electron chi connectivity index (χ1n) is 38.2. The third-order valence-electron chi connectivity index (χ3n) is 17.7. The summed E-state index contributed by atoms with van der Waals surface area (Å²) in [5.41, 5.74) is 2.39. The summed E-state index contributed by atoms with van der Waals surface area (Å²) in [6.07, 6.45) is 7.15. The molecule has 20 heteroatoms. The average Bonchev–Trinajstić information content (AvgIpc) is 0.831. The fraction of sp³-hybridized carbons (Fsp3) is 0.500. The van der Waals surface area contributed by atoms with Crippen LogP contribution in [0.1, 0.15) is 181 Å². The zero-order chi connectivity index (χ0) is 81.4. The second kappa shape index (κ2) is 44.8. The van der Waals surface area contributed by atoms with Gasteiger partial charge in [0.2, 0.25) is 0 Å². The minimum absolute atomic E-state index is 0.0157. The van der Waals surface area contributed by atoms with E-state index >= 15 is 0 Å². The van der Waals surface area contributed by atoms with E-state index < -0.39 is 56.0 Å². The van der Waals surface area contributed by atoms with Crippen molar-refractivity contribution in [2.24, 2.45) is 23.7 Å². The highest BCUT2D eigenvalue weighted by Crippen LogP contribution is 2.31. The number of Topliss-reactive ketones (excluding diaryl/α,β-unsaturated/α-hetero) is 8. The molecule has 0 saturated carbocycles. The van der Waals surface area contributed by atoms with E-state index in [1.165, 1.54) is 24.3 Å². The number of ether oxygens (including phenoxy) is 4. The number of hydrogen-bond donors (Lipinski definition) is 4. The number of ketones is 8. The zero-order valence-electron chi connectivity index (χ0n) is 68.6. The van der Waals surface area contributed by atoms with E-state index in [0.29, 0.717) is 94.9 Å². The summed E-state index contributed by atoms with van der Waals surface area (Å²) >= 11 is 0. The zero-order valence-corrected chi connectivity index (χ0v) is 72.6. The maximum atomic E-state index is 13.5. The van der Waals surface area contributed by atoms with Gasteiger partial charge in [0.25, 0.3) is 0 Å². The second-order valence-corrected chi connectivity index (χ2v) is 57.3. The second-order valence-electron chi connectivity index (χ2n) is 34.8. The van der Waals surface area contributed by atoms with Gasteiger partial charge in [0.1, 0.15) is 57.3 Å². The number of phenols is 2. The molecule has 0 radical (unpaired) electrons. The number of methoxy groups -OCH3 is 2. The van der Waals surface area contributed by atoms with Crippen molar-refractivity contribution in [3.05, 3.63) is 179 Å². The Morgan fingerprint density at radius 2 is 0.500 bits per heavy atom. The lowest BCUT2D eigenvalue weighted by Gasteiger charge is -2.22. The van der Waals surface area contributed by atoms with Crippen LogP contribution in [0.2, 0.25) is 103 Å². The SMILES string of the molecule is CC(C)(C)Oc1ccc(C(=O)C(CCC[Si](C)(C)C)C(=O)c2ccc(OC(C)(C)C)cc2)cc1.COc1ccc(C(=O)C(CCC[Si](C)(C)C)C(=O)c2ccc(OC)cc2)cc1.C[Si](C)(C)CCCC(C(=O)CCCO)C(=O)CCCO.C[Si](C)(C)CCCC(C(=O)c1ccc(O)cc1)C(=O)c1ccc(O)cc1. The normalized spacial score (nSPS) is 11.9. The quantitative estimate of drug-likeness (QED) is 0.0158. The maximum absolute atomic E-state index is 13.5. The molecule has 0 unspecified atom stereocenters. The minimum atomic E-state index is -1.27. The van der Waals surface area contributed by atoms with Crippen LogP contribution in [0.15, 0.2) is 146 Å². The van der Waals surface area contributed by atoms with Gasteiger partial charge in [-0.25, -0.2) is 0 Å². The molecule has 0 aromatic heterocycles. The van der Waals surface area contributed by atoms with Crippen LogP contribution >= 0.6 is 0 Å². The van der Waals surface area contributed by atoms with Crippen molar-refractivity contribution in [1.82, 2.24) is 0 Å². The van der Waals surface area contributed by atoms with Crippen molar-refractivity contribution >= 4 is 78.6 Å². The molecule has 6 aromatic rings. The molecule has 0 amide bonds. The number of carbonyl (C=O) groups excluding carboxylic acids is 8. The number of aliphatic hydroxyl groups excluding tert-OH is 2. The average molecular weight is 1550 g/mol. The first-order valence-corrected chi connectivity index (χ1v) is 53.1. The molecule has 16 nitrogen and oxygen atoms in total. The third-order valence-corrected chi connectivity index (χ3v) is 25.1. The van der Waals surface area contributed by atoms with Crippen LogP contribution in [0.4, 0.5) is 0 Å². The van der Waals surface area contributed by atoms with Gasteiger partial charge < -0.3 is 39.4 Å². The van der Waals surface area contributed by atoms with Crippen molar-refractivity contribution in [3.63, 3.8) is 0 Å². The van der Waals surface area contributed by atoms with E-state index in [1.54, 1.807) is 136 Å². The number of rotatable bonds is 40. The van der Waals surface area contributed by atoms with Gasteiger partial charge in [-0.15, -0.1) is 0 Å². The van der Waals surface area contributed by atoms with Crippen LogP contribution in [0, 0.1) is 23.7 Å². The molecule has 0 aliphatic heterocycles. The predicted molar refractivity (Wildman–Crippen MR) is 448 cm³/mol. The molecule has 6 rings (SSSR count). The Labute approximate surface area is 649 Å². The third kappa shape index (κ3) is 37.1. The molecular formula is C88H128O16Si4. The first-order chi connectivity index (χ1) is 50.3. The Hall–Kier alpha value is -7.73. The van der Waals surface area contributed by atoms with Crippen LogP contribution in [0.5, 0.6) is 34.5 Å². The highest BCUT2D eigenvalue weighted by Gasteiger charge is 2.33. The van der Waals surface area contributed by atoms with Gasteiger partial charge >= 0.3 is 0 Å². The first kappa shape index (κ1) is 94.5. The van der Waals surface area contributed by atoms with Gasteiger partial charge in [0.15, 0.2) is 34.7 Å². The molecule has 592 valence electrons. The summed E-state index contributed by atoms with van der Waals surface area (Å²) in [4.78, 5) is 103. The molecule has 0 heterocycles. The molecule has 6 aromatic carbocycles. The molecule has 0 fully saturated rings. The van der Waals surface area contributed by atoms with Gasteiger partial charge in [-0.05, 0) is 226 Å². The Balaban J connectivity index is 0.000000380. The van der Waals surface area contributed by atoms with Gasteiger partial charge in [-0.2, -0.15) is 0 Å². The molecule has 0 atom stereocenters. The fourth-order valence-electron chi connectivity index (χ4n) is 11.9. The van der Waals surface area contributed by atoms with Crippen LogP contribution in [-0.2, 0) is 9.59 Å². The van der Waals surface area contributed by atoms with Crippen LogP contribution in [-0.4, -0.2) is 138 Å². The van der Waals surface area contributed by atoms with Crippen molar-refractivity contribution in [1.29, 1.82) is 0 Å². The number of phenolic OH excluding ortho intramolecular Hbond substituents is 2. The summed E-state index contributed by atoms with van der Waals surface area (Å²) < 4.78 is 22.1. The lowest BCUT2D eigenvalue weighted by molar-refractivity contribution is -0.133. The van der Waals surface area contributed by atoms with Gasteiger partial charge in [-0.3, -0.25) is 38.4 Å². The highest BCUT2D eigenvalue weighted by molar-refractivity contribution is 6.77. The fourth-order valence-corrected chi connectivity index (χ4v) is 17.0. The molecule has 4 N–H and O–H groups in total. The van der Waals surface area contributed by atoms with E-state index in [1.807, 2.05) is 41.5 Å². The molecular weight excluding hydrogens is 1430 g/mol. The van der Waals surface area contributed by atoms with Crippen molar-refractivity contribution in [2.45, 2.75) is 233 Å². The van der Waals surface area contributed by atoms with Gasteiger partial charge in [0, 0.05) is 91.7 Å². The summed E-state index contributed by atoms with van der Waals surface area (Å²) in [6, 6.07) is 44.6. The molecule has 0 bridgehead atoms. The highest BCUT2D eigenvalue weighted by atomic mass is 28.3.